The summed E-state index contributed by atoms with van der Waals surface area (Å²) in [6.07, 6.45) is 1.23. The first-order chi connectivity index (χ1) is 15.5. The van der Waals surface area contributed by atoms with E-state index < -0.39 is 32.3 Å². The first-order valence-corrected chi connectivity index (χ1v) is 12.4. The van der Waals surface area contributed by atoms with E-state index in [2.05, 4.69) is 10.2 Å². The topological polar surface area (TPSA) is 96.3 Å². The maximum Gasteiger partial charge on any atom is 0.434 e. The van der Waals surface area contributed by atoms with Crippen molar-refractivity contribution in [2.45, 2.75) is 63.8 Å². The molecule has 2 heterocycles. The monoisotopic (exact) mass is 473 g/mol. The molecule has 0 radical (unpaired) electrons. The summed E-state index contributed by atoms with van der Waals surface area (Å²) in [5.74, 6) is -1.03. The third kappa shape index (κ3) is 4.27. The van der Waals surface area contributed by atoms with Crippen LogP contribution in [0.4, 0.5) is 4.39 Å². The summed E-state index contributed by atoms with van der Waals surface area (Å²) in [6.45, 7) is 7.22. The van der Waals surface area contributed by atoms with Crippen LogP contribution < -0.4 is 5.76 Å². The van der Waals surface area contributed by atoms with Gasteiger partial charge in [-0.25, -0.2) is 22.7 Å². The molecule has 1 fully saturated rings. The summed E-state index contributed by atoms with van der Waals surface area (Å²) in [7, 11) is -3.67. The van der Waals surface area contributed by atoms with E-state index >= 15 is 4.39 Å². The van der Waals surface area contributed by atoms with E-state index in [0.29, 0.717) is 24.0 Å². The summed E-state index contributed by atoms with van der Waals surface area (Å²) in [5, 5.41) is 5.50. The number of sulfonamides is 1. The molecule has 7 nitrogen and oxygen atoms in total. The van der Waals surface area contributed by atoms with Crippen molar-refractivity contribution in [3.8, 4) is 0 Å². The van der Waals surface area contributed by atoms with Crippen molar-refractivity contribution >= 4 is 10.0 Å². The second kappa shape index (κ2) is 8.53. The number of nitrogens with zero attached hydrogens (tertiary/aromatic N) is 2. The Morgan fingerprint density at radius 2 is 1.91 bits per heavy atom. The Morgan fingerprint density at radius 1 is 1.21 bits per heavy atom. The van der Waals surface area contributed by atoms with Gasteiger partial charge in [-0.1, -0.05) is 36.4 Å². The van der Waals surface area contributed by atoms with Crippen molar-refractivity contribution in [2.75, 3.05) is 0 Å². The van der Waals surface area contributed by atoms with Crippen LogP contribution in [0, 0.1) is 12.7 Å². The Morgan fingerprint density at radius 3 is 2.55 bits per heavy atom. The highest BCUT2D eigenvalue weighted by Crippen LogP contribution is 2.39. The van der Waals surface area contributed by atoms with E-state index in [1.165, 1.54) is 10.4 Å². The normalized spacial score (nSPS) is 21.2. The molecule has 2 atom stereocenters. The van der Waals surface area contributed by atoms with Gasteiger partial charge in [-0.15, -0.1) is 5.10 Å². The number of aromatic nitrogens is 2. The molecule has 0 amide bonds. The number of H-pyrrole nitrogens is 1. The molecule has 3 aromatic rings. The summed E-state index contributed by atoms with van der Waals surface area (Å²) in [4.78, 5) is 11.4. The van der Waals surface area contributed by atoms with Gasteiger partial charge in [0, 0.05) is 18.2 Å². The third-order valence-electron chi connectivity index (χ3n) is 6.56. The molecule has 0 saturated carbocycles. The van der Waals surface area contributed by atoms with Gasteiger partial charge in [0.25, 0.3) is 0 Å². The molecule has 1 aliphatic heterocycles. The number of halogens is 1. The van der Waals surface area contributed by atoms with Crippen molar-refractivity contribution in [3.63, 3.8) is 0 Å². The molecule has 0 spiro atoms. The Balaban J connectivity index is 1.67. The zero-order valence-electron chi connectivity index (χ0n) is 19.1. The largest absolute Gasteiger partial charge is 0.434 e. The smallest absolute Gasteiger partial charge is 0.392 e. The summed E-state index contributed by atoms with van der Waals surface area (Å²) < 4.78 is 48.8. The van der Waals surface area contributed by atoms with E-state index in [1.807, 2.05) is 44.2 Å². The quantitative estimate of drug-likeness (QED) is 0.599. The van der Waals surface area contributed by atoms with Gasteiger partial charge in [0.05, 0.1) is 5.41 Å². The molecule has 1 aromatic heterocycles. The number of nitrogens with one attached hydrogen (secondary N) is 1. The third-order valence-corrected chi connectivity index (χ3v) is 8.93. The minimum absolute atomic E-state index is 0.0439. The Kier molecular flexibility index (Phi) is 6.05. The van der Waals surface area contributed by atoms with Gasteiger partial charge in [-0.05, 0) is 63.3 Å². The number of aryl methyl sites for hydroxylation is 1. The average molecular weight is 474 g/mol. The molecule has 0 aliphatic carbocycles. The van der Waals surface area contributed by atoms with Crippen LogP contribution in [0.5, 0.6) is 0 Å². The van der Waals surface area contributed by atoms with E-state index in [4.69, 9.17) is 4.42 Å². The standard InChI is InChI=1S/C24H28FN3O4S/c1-15-12-18(20(25)13-19(15)24(3,4)22-26-27-23(29)32-22)14-28-16(2)10-11-21(33(28,30)31)17-8-6-5-7-9-17/h5-9,12-13,16,21H,10-11,14H2,1-4H3,(H,27,29)/t16-,21+/m0/s1. The first-order valence-electron chi connectivity index (χ1n) is 10.9. The molecular formula is C24H28FN3O4S. The molecule has 4 rings (SSSR count). The molecule has 1 aliphatic rings. The molecular weight excluding hydrogens is 445 g/mol. The average Bonchev–Trinajstić information content (AvgIpc) is 3.20. The predicted molar refractivity (Wildman–Crippen MR) is 123 cm³/mol. The predicted octanol–water partition coefficient (Wildman–Crippen LogP) is 4.19. The molecule has 0 unspecified atom stereocenters. The van der Waals surface area contributed by atoms with Crippen molar-refractivity contribution in [1.29, 1.82) is 0 Å². The van der Waals surface area contributed by atoms with E-state index in [0.717, 1.165) is 11.1 Å². The van der Waals surface area contributed by atoms with E-state index in [1.54, 1.807) is 19.9 Å². The molecule has 1 N–H and O–H groups in total. The fourth-order valence-electron chi connectivity index (χ4n) is 4.67. The van der Waals surface area contributed by atoms with Crippen LogP contribution in [-0.4, -0.2) is 29.0 Å². The molecule has 176 valence electrons. The minimum Gasteiger partial charge on any atom is -0.392 e. The van der Waals surface area contributed by atoms with Crippen LogP contribution in [0.15, 0.2) is 51.7 Å². The minimum atomic E-state index is -3.67. The Labute approximate surface area is 192 Å². The lowest BCUT2D eigenvalue weighted by Gasteiger charge is -2.37. The Bertz CT molecular complexity index is 1310. The van der Waals surface area contributed by atoms with Crippen LogP contribution in [0.1, 0.15) is 67.0 Å². The van der Waals surface area contributed by atoms with Gasteiger partial charge in [0.15, 0.2) is 0 Å². The van der Waals surface area contributed by atoms with Crippen molar-refractivity contribution in [3.05, 3.63) is 87.0 Å². The van der Waals surface area contributed by atoms with Gasteiger partial charge in [0.1, 0.15) is 11.1 Å². The fourth-order valence-corrected chi connectivity index (χ4v) is 6.86. The molecule has 33 heavy (non-hydrogen) atoms. The van der Waals surface area contributed by atoms with Crippen LogP contribution in [0.2, 0.25) is 0 Å². The van der Waals surface area contributed by atoms with Crippen molar-refractivity contribution in [2.24, 2.45) is 0 Å². The number of rotatable bonds is 5. The van der Waals surface area contributed by atoms with Gasteiger partial charge in [-0.3, -0.25) is 0 Å². The maximum absolute atomic E-state index is 15.3. The van der Waals surface area contributed by atoms with Crippen LogP contribution in [-0.2, 0) is 22.0 Å². The maximum atomic E-state index is 15.3. The molecule has 9 heteroatoms. The van der Waals surface area contributed by atoms with Crippen molar-refractivity contribution < 1.29 is 17.2 Å². The highest BCUT2D eigenvalue weighted by atomic mass is 32.2. The summed E-state index contributed by atoms with van der Waals surface area (Å²) >= 11 is 0. The van der Waals surface area contributed by atoms with Crippen LogP contribution in [0.25, 0.3) is 0 Å². The molecule has 0 bridgehead atoms. The lowest BCUT2D eigenvalue weighted by molar-refractivity contribution is 0.279. The lowest BCUT2D eigenvalue weighted by Crippen LogP contribution is -2.44. The second-order valence-electron chi connectivity index (χ2n) is 9.22. The van der Waals surface area contributed by atoms with Gasteiger partial charge >= 0.3 is 5.76 Å². The lowest BCUT2D eigenvalue weighted by atomic mass is 9.81. The summed E-state index contributed by atoms with van der Waals surface area (Å²) in [5.41, 5.74) is 1.56. The Hall–Kier alpha value is -2.78. The zero-order chi connectivity index (χ0) is 24.0. The highest BCUT2D eigenvalue weighted by Gasteiger charge is 2.41. The zero-order valence-corrected chi connectivity index (χ0v) is 19.9. The molecule has 2 aromatic carbocycles. The van der Waals surface area contributed by atoms with Gasteiger partial charge < -0.3 is 4.42 Å². The van der Waals surface area contributed by atoms with Crippen LogP contribution >= 0.6 is 0 Å². The number of hydrogen-bond donors (Lipinski definition) is 1. The SMILES string of the molecule is Cc1cc(CN2[C@@H](C)CC[C@H](c3ccccc3)S2(=O)=O)c(F)cc1C(C)(C)c1n[nH]c(=O)o1. The summed E-state index contributed by atoms with van der Waals surface area (Å²) in [6, 6.07) is 12.0. The van der Waals surface area contributed by atoms with Gasteiger partial charge in [-0.2, -0.15) is 4.31 Å². The second-order valence-corrected chi connectivity index (χ2v) is 11.3. The number of aromatic amines is 1. The number of hydrogen-bond acceptors (Lipinski definition) is 5. The van der Waals surface area contributed by atoms with Crippen molar-refractivity contribution in [1.82, 2.24) is 14.5 Å². The molecule has 1 saturated heterocycles. The first kappa shape index (κ1) is 23.4. The number of benzene rings is 2. The van der Waals surface area contributed by atoms with Gasteiger partial charge in [0.2, 0.25) is 15.9 Å². The van der Waals surface area contributed by atoms with E-state index in [-0.39, 0.29) is 18.5 Å². The fraction of sp³-hybridized carbons (Fsp3) is 0.417. The van der Waals surface area contributed by atoms with Crippen LogP contribution in [0.3, 0.4) is 0 Å². The van der Waals surface area contributed by atoms with E-state index in [9.17, 15) is 13.2 Å². The highest BCUT2D eigenvalue weighted by molar-refractivity contribution is 7.89.